The van der Waals surface area contributed by atoms with Crippen molar-refractivity contribution in [3.8, 4) is 0 Å². The SMILES string of the molecule is CCc1ncnc(NC[C@@H]2CCO[C@H]2c2nccn2C)c1F. The minimum atomic E-state index is -0.363. The van der Waals surface area contributed by atoms with Gasteiger partial charge in [-0.1, -0.05) is 6.92 Å². The molecular weight excluding hydrogens is 285 g/mol. The molecule has 0 aliphatic carbocycles. The van der Waals surface area contributed by atoms with Crippen molar-refractivity contribution in [2.24, 2.45) is 13.0 Å². The van der Waals surface area contributed by atoms with Crippen LogP contribution in [0.4, 0.5) is 10.2 Å². The molecule has 22 heavy (non-hydrogen) atoms. The highest BCUT2D eigenvalue weighted by Gasteiger charge is 2.32. The highest BCUT2D eigenvalue weighted by atomic mass is 19.1. The third-order valence-corrected chi connectivity index (χ3v) is 4.06. The molecular formula is C15H20FN5O. The Labute approximate surface area is 128 Å². The van der Waals surface area contributed by atoms with Crippen LogP contribution in [0.1, 0.15) is 31.0 Å². The molecule has 1 N–H and O–H groups in total. The van der Waals surface area contributed by atoms with E-state index in [0.717, 1.165) is 12.2 Å². The molecule has 3 rings (SSSR count). The van der Waals surface area contributed by atoms with Gasteiger partial charge in [-0.05, 0) is 12.8 Å². The molecule has 0 radical (unpaired) electrons. The molecule has 1 fully saturated rings. The second-order valence-corrected chi connectivity index (χ2v) is 5.45. The Hall–Kier alpha value is -2.02. The lowest BCUT2D eigenvalue weighted by Crippen LogP contribution is -2.21. The molecule has 3 heterocycles. The minimum Gasteiger partial charge on any atom is -0.370 e. The molecule has 1 aliphatic heterocycles. The number of ether oxygens (including phenoxy) is 1. The molecule has 0 bridgehead atoms. The van der Waals surface area contributed by atoms with Crippen LogP contribution in [-0.2, 0) is 18.2 Å². The Morgan fingerprint density at radius 2 is 2.27 bits per heavy atom. The number of nitrogens with zero attached hydrogens (tertiary/aromatic N) is 4. The molecule has 0 unspecified atom stereocenters. The summed E-state index contributed by atoms with van der Waals surface area (Å²) in [5.41, 5.74) is 0.431. The Kier molecular flexibility index (Phi) is 4.33. The lowest BCUT2D eigenvalue weighted by atomic mass is 10.0. The van der Waals surface area contributed by atoms with Gasteiger partial charge in [0.25, 0.3) is 0 Å². The van der Waals surface area contributed by atoms with E-state index in [-0.39, 0.29) is 23.7 Å². The van der Waals surface area contributed by atoms with Crippen LogP contribution >= 0.6 is 0 Å². The molecule has 1 saturated heterocycles. The summed E-state index contributed by atoms with van der Waals surface area (Å²) in [7, 11) is 1.95. The van der Waals surface area contributed by atoms with Crippen molar-refractivity contribution in [2.45, 2.75) is 25.9 Å². The Balaban J connectivity index is 1.70. The van der Waals surface area contributed by atoms with Gasteiger partial charge >= 0.3 is 0 Å². The number of hydrogen-bond donors (Lipinski definition) is 1. The largest absolute Gasteiger partial charge is 0.370 e. The number of hydrogen-bond acceptors (Lipinski definition) is 5. The number of anilines is 1. The fraction of sp³-hybridized carbons (Fsp3) is 0.533. The maximum absolute atomic E-state index is 14.1. The van der Waals surface area contributed by atoms with E-state index in [2.05, 4.69) is 20.3 Å². The van der Waals surface area contributed by atoms with E-state index in [1.54, 1.807) is 6.20 Å². The molecule has 118 valence electrons. The molecule has 2 aromatic rings. The smallest absolute Gasteiger partial charge is 0.186 e. The van der Waals surface area contributed by atoms with Gasteiger partial charge in [0.15, 0.2) is 11.6 Å². The molecule has 6 nitrogen and oxygen atoms in total. The van der Waals surface area contributed by atoms with Crippen LogP contribution in [0, 0.1) is 11.7 Å². The highest BCUT2D eigenvalue weighted by molar-refractivity contribution is 5.37. The van der Waals surface area contributed by atoms with Crippen molar-refractivity contribution in [3.05, 3.63) is 36.1 Å². The fourth-order valence-electron chi connectivity index (χ4n) is 2.78. The Morgan fingerprint density at radius 3 is 3.00 bits per heavy atom. The van der Waals surface area contributed by atoms with Crippen molar-refractivity contribution in [3.63, 3.8) is 0 Å². The third-order valence-electron chi connectivity index (χ3n) is 4.06. The second kappa shape index (κ2) is 6.39. The lowest BCUT2D eigenvalue weighted by molar-refractivity contribution is 0.0839. The van der Waals surface area contributed by atoms with Gasteiger partial charge in [-0.3, -0.25) is 0 Å². The third kappa shape index (κ3) is 2.81. The van der Waals surface area contributed by atoms with E-state index >= 15 is 0 Å². The number of nitrogens with one attached hydrogen (secondary N) is 1. The van der Waals surface area contributed by atoms with E-state index in [0.29, 0.717) is 25.3 Å². The average Bonchev–Trinajstić information content (AvgIpc) is 3.14. The monoisotopic (exact) mass is 305 g/mol. The Morgan fingerprint density at radius 1 is 1.41 bits per heavy atom. The summed E-state index contributed by atoms with van der Waals surface area (Å²) in [6.45, 7) is 3.15. The molecule has 2 aromatic heterocycles. The van der Waals surface area contributed by atoms with E-state index < -0.39 is 0 Å². The molecule has 2 atom stereocenters. The quantitative estimate of drug-likeness (QED) is 0.916. The predicted octanol–water partition coefficient (Wildman–Crippen LogP) is 2.10. The van der Waals surface area contributed by atoms with E-state index in [1.165, 1.54) is 6.33 Å². The van der Waals surface area contributed by atoms with Crippen molar-refractivity contribution in [1.29, 1.82) is 0 Å². The first-order chi connectivity index (χ1) is 10.7. The van der Waals surface area contributed by atoms with Crippen LogP contribution in [0.25, 0.3) is 0 Å². The van der Waals surface area contributed by atoms with Gasteiger partial charge in [-0.25, -0.2) is 19.3 Å². The zero-order valence-corrected chi connectivity index (χ0v) is 12.8. The number of rotatable bonds is 5. The van der Waals surface area contributed by atoms with Gasteiger partial charge in [0.1, 0.15) is 18.3 Å². The molecule has 0 saturated carbocycles. The molecule has 1 aliphatic rings. The zero-order chi connectivity index (χ0) is 15.5. The van der Waals surface area contributed by atoms with Gasteiger partial charge in [0.2, 0.25) is 0 Å². The molecule has 7 heteroatoms. The maximum atomic E-state index is 14.1. The van der Waals surface area contributed by atoms with Crippen molar-refractivity contribution in [1.82, 2.24) is 19.5 Å². The van der Waals surface area contributed by atoms with Gasteiger partial charge in [-0.2, -0.15) is 0 Å². The average molecular weight is 305 g/mol. The second-order valence-electron chi connectivity index (χ2n) is 5.45. The summed E-state index contributed by atoms with van der Waals surface area (Å²) >= 11 is 0. The normalized spacial score (nSPS) is 21.2. The van der Waals surface area contributed by atoms with Crippen LogP contribution in [0.15, 0.2) is 18.7 Å². The Bertz CT molecular complexity index is 645. The first-order valence-corrected chi connectivity index (χ1v) is 7.52. The van der Waals surface area contributed by atoms with Crippen molar-refractivity contribution in [2.75, 3.05) is 18.5 Å². The zero-order valence-electron chi connectivity index (χ0n) is 12.8. The summed E-state index contributed by atoms with van der Waals surface area (Å²) in [5.74, 6) is 1.04. The maximum Gasteiger partial charge on any atom is 0.186 e. The predicted molar refractivity (Wildman–Crippen MR) is 79.9 cm³/mol. The van der Waals surface area contributed by atoms with Gasteiger partial charge < -0.3 is 14.6 Å². The summed E-state index contributed by atoms with van der Waals surface area (Å²) < 4.78 is 21.9. The van der Waals surface area contributed by atoms with Gasteiger partial charge in [-0.15, -0.1) is 0 Å². The van der Waals surface area contributed by atoms with E-state index in [9.17, 15) is 4.39 Å². The summed E-state index contributed by atoms with van der Waals surface area (Å²) in [6, 6.07) is 0. The highest BCUT2D eigenvalue weighted by Crippen LogP contribution is 2.33. The topological polar surface area (TPSA) is 64.9 Å². The van der Waals surface area contributed by atoms with E-state index in [1.807, 2.05) is 24.7 Å². The van der Waals surface area contributed by atoms with Gasteiger partial charge in [0.05, 0.1) is 5.69 Å². The number of halogens is 1. The van der Waals surface area contributed by atoms with Crippen LogP contribution in [0.2, 0.25) is 0 Å². The van der Waals surface area contributed by atoms with Crippen LogP contribution in [-0.4, -0.2) is 32.7 Å². The number of aromatic nitrogens is 4. The molecule has 0 amide bonds. The first kappa shape index (κ1) is 14.9. The standard InChI is InChI=1S/C15H20FN5O/c1-3-11-12(16)14(20-9-19-11)18-8-10-4-7-22-13(10)15-17-5-6-21(15)2/h5-6,9-10,13H,3-4,7-8H2,1-2H3,(H,18,19,20)/t10-,13+/m0/s1. The van der Waals surface area contributed by atoms with Crippen molar-refractivity contribution >= 4 is 5.82 Å². The summed E-state index contributed by atoms with van der Waals surface area (Å²) in [5, 5.41) is 3.10. The molecule has 0 spiro atoms. The minimum absolute atomic E-state index is 0.0666. The molecule has 0 aromatic carbocycles. The lowest BCUT2D eigenvalue weighted by Gasteiger charge is -2.19. The summed E-state index contributed by atoms with van der Waals surface area (Å²) in [4.78, 5) is 12.3. The van der Waals surface area contributed by atoms with Crippen LogP contribution in [0.5, 0.6) is 0 Å². The van der Waals surface area contributed by atoms with Gasteiger partial charge in [0, 0.05) is 38.5 Å². The van der Waals surface area contributed by atoms with Crippen molar-refractivity contribution < 1.29 is 9.13 Å². The van der Waals surface area contributed by atoms with Crippen LogP contribution in [0.3, 0.4) is 0 Å². The number of imidazole rings is 1. The van der Waals surface area contributed by atoms with Crippen LogP contribution < -0.4 is 5.32 Å². The number of aryl methyl sites for hydroxylation is 2. The van der Waals surface area contributed by atoms with E-state index in [4.69, 9.17) is 4.74 Å². The first-order valence-electron chi connectivity index (χ1n) is 7.52. The summed E-state index contributed by atoms with van der Waals surface area (Å²) in [6.07, 6.45) is 6.45. The fourth-order valence-corrected chi connectivity index (χ4v) is 2.78.